The smallest absolute Gasteiger partial charge is 0.258 e. The van der Waals surface area contributed by atoms with Crippen LogP contribution in [0.1, 0.15) is 22.4 Å². The summed E-state index contributed by atoms with van der Waals surface area (Å²) in [6, 6.07) is 11.4. The first-order chi connectivity index (χ1) is 13.0. The van der Waals surface area contributed by atoms with Gasteiger partial charge in [0.15, 0.2) is 0 Å². The summed E-state index contributed by atoms with van der Waals surface area (Å²) < 4.78 is 3.26. The molecule has 4 rings (SSSR count). The van der Waals surface area contributed by atoms with Gasteiger partial charge in [-0.3, -0.25) is 9.20 Å². The van der Waals surface area contributed by atoms with E-state index in [0.29, 0.717) is 22.3 Å². The van der Waals surface area contributed by atoms with Crippen molar-refractivity contribution >= 4 is 17.4 Å². The zero-order valence-electron chi connectivity index (χ0n) is 15.2. The molecule has 0 bridgehead atoms. The molecule has 0 atom stereocenters. The largest absolute Gasteiger partial charge is 0.269 e. The lowest BCUT2D eigenvalue weighted by atomic mass is 10.1. The Morgan fingerprint density at radius 3 is 2.70 bits per heavy atom. The summed E-state index contributed by atoms with van der Waals surface area (Å²) in [7, 11) is 0. The Morgan fingerprint density at radius 2 is 1.89 bits per heavy atom. The summed E-state index contributed by atoms with van der Waals surface area (Å²) in [6.07, 6.45) is 1.73. The van der Waals surface area contributed by atoms with E-state index in [0.717, 1.165) is 11.3 Å². The molecule has 0 unspecified atom stereocenters. The SMILES string of the molecule is Cc1ccc(-n2nnnc2SCc2cc(=O)n3cccc(C)c3n2)cc1C. The van der Waals surface area contributed by atoms with Crippen LogP contribution in [-0.4, -0.2) is 29.6 Å². The van der Waals surface area contributed by atoms with Crippen LogP contribution in [0.4, 0.5) is 0 Å². The van der Waals surface area contributed by atoms with Crippen molar-refractivity contribution in [2.45, 2.75) is 31.7 Å². The van der Waals surface area contributed by atoms with Gasteiger partial charge in [0, 0.05) is 18.0 Å². The van der Waals surface area contributed by atoms with Crippen molar-refractivity contribution in [3.05, 3.63) is 75.3 Å². The number of thioether (sulfide) groups is 1. The fourth-order valence-corrected chi connectivity index (χ4v) is 3.59. The predicted octanol–water partition coefficient (Wildman–Crippen LogP) is 2.89. The average Bonchev–Trinajstić information content (AvgIpc) is 3.12. The molecule has 0 N–H and O–H groups in total. The van der Waals surface area contributed by atoms with Gasteiger partial charge in [-0.15, -0.1) is 5.10 Å². The summed E-state index contributed by atoms with van der Waals surface area (Å²) >= 11 is 1.45. The molecule has 0 spiro atoms. The second kappa shape index (κ2) is 6.96. The van der Waals surface area contributed by atoms with Crippen LogP contribution in [0, 0.1) is 20.8 Å². The van der Waals surface area contributed by atoms with Crippen LogP contribution in [0.5, 0.6) is 0 Å². The van der Waals surface area contributed by atoms with Gasteiger partial charge in [0.2, 0.25) is 5.16 Å². The van der Waals surface area contributed by atoms with Crippen molar-refractivity contribution in [2.75, 3.05) is 0 Å². The summed E-state index contributed by atoms with van der Waals surface area (Å²) in [6.45, 7) is 6.07. The quantitative estimate of drug-likeness (QED) is 0.508. The third kappa shape index (κ3) is 3.35. The highest BCUT2D eigenvalue weighted by molar-refractivity contribution is 7.98. The number of tetrazole rings is 1. The lowest BCUT2D eigenvalue weighted by Crippen LogP contribution is -2.15. The van der Waals surface area contributed by atoms with Crippen molar-refractivity contribution in [3.8, 4) is 5.69 Å². The van der Waals surface area contributed by atoms with E-state index >= 15 is 0 Å². The van der Waals surface area contributed by atoms with E-state index < -0.39 is 0 Å². The highest BCUT2D eigenvalue weighted by Gasteiger charge is 2.12. The number of nitrogens with zero attached hydrogens (tertiary/aromatic N) is 6. The first kappa shape index (κ1) is 17.4. The number of aryl methyl sites for hydroxylation is 3. The highest BCUT2D eigenvalue weighted by Crippen LogP contribution is 2.23. The fraction of sp³-hybridized carbons (Fsp3) is 0.211. The number of rotatable bonds is 4. The van der Waals surface area contributed by atoms with Crippen molar-refractivity contribution in [2.24, 2.45) is 0 Å². The molecule has 7 nitrogen and oxygen atoms in total. The Morgan fingerprint density at radius 1 is 1.04 bits per heavy atom. The van der Waals surface area contributed by atoms with Crippen LogP contribution in [0.25, 0.3) is 11.3 Å². The van der Waals surface area contributed by atoms with Gasteiger partial charge >= 0.3 is 0 Å². The minimum Gasteiger partial charge on any atom is -0.269 e. The molecule has 136 valence electrons. The topological polar surface area (TPSA) is 78.0 Å². The first-order valence-electron chi connectivity index (χ1n) is 8.49. The second-order valence-corrected chi connectivity index (χ2v) is 7.34. The highest BCUT2D eigenvalue weighted by atomic mass is 32.2. The second-order valence-electron chi connectivity index (χ2n) is 6.40. The maximum Gasteiger partial charge on any atom is 0.258 e. The molecule has 4 aromatic rings. The molecule has 8 heteroatoms. The van der Waals surface area contributed by atoms with Gasteiger partial charge in [-0.25, -0.2) is 4.98 Å². The monoisotopic (exact) mass is 378 g/mol. The van der Waals surface area contributed by atoms with Crippen LogP contribution < -0.4 is 5.56 Å². The van der Waals surface area contributed by atoms with E-state index in [1.54, 1.807) is 21.3 Å². The van der Waals surface area contributed by atoms with Gasteiger partial charge in [0.05, 0.1) is 11.4 Å². The molecular formula is C19H18N6OS. The number of aromatic nitrogens is 6. The Balaban J connectivity index is 1.63. The third-order valence-electron chi connectivity index (χ3n) is 4.46. The maximum atomic E-state index is 12.3. The molecular weight excluding hydrogens is 360 g/mol. The molecule has 0 aliphatic carbocycles. The lowest BCUT2D eigenvalue weighted by molar-refractivity contribution is 0.755. The van der Waals surface area contributed by atoms with Crippen molar-refractivity contribution in [1.29, 1.82) is 0 Å². The summed E-state index contributed by atoms with van der Waals surface area (Å²) in [5.74, 6) is 0.505. The lowest BCUT2D eigenvalue weighted by Gasteiger charge is -2.08. The minimum atomic E-state index is -0.0898. The zero-order valence-corrected chi connectivity index (χ0v) is 16.1. The van der Waals surface area contributed by atoms with Gasteiger partial charge in [-0.2, -0.15) is 4.68 Å². The maximum absolute atomic E-state index is 12.3. The molecule has 0 radical (unpaired) electrons. The molecule has 0 aliphatic rings. The van der Waals surface area contributed by atoms with Crippen LogP contribution in [-0.2, 0) is 5.75 Å². The molecule has 0 amide bonds. The van der Waals surface area contributed by atoms with Gasteiger partial charge in [-0.05, 0) is 66.1 Å². The van der Waals surface area contributed by atoms with Gasteiger partial charge in [0.25, 0.3) is 5.56 Å². The Bertz CT molecular complexity index is 1200. The molecule has 0 fully saturated rings. The molecule has 3 heterocycles. The number of pyridine rings is 1. The normalized spacial score (nSPS) is 11.2. The van der Waals surface area contributed by atoms with Crippen LogP contribution in [0.3, 0.4) is 0 Å². The summed E-state index contributed by atoms with van der Waals surface area (Å²) in [4.78, 5) is 17.0. The van der Waals surface area contributed by atoms with E-state index in [2.05, 4.69) is 46.5 Å². The molecule has 0 saturated heterocycles. The van der Waals surface area contributed by atoms with Crippen molar-refractivity contribution in [3.63, 3.8) is 0 Å². The Hall–Kier alpha value is -3.00. The predicted molar refractivity (Wildman–Crippen MR) is 104 cm³/mol. The van der Waals surface area contributed by atoms with Gasteiger partial charge in [0.1, 0.15) is 5.65 Å². The third-order valence-corrected chi connectivity index (χ3v) is 5.42. The zero-order chi connectivity index (χ0) is 19.0. The van der Waals surface area contributed by atoms with E-state index in [9.17, 15) is 4.79 Å². The van der Waals surface area contributed by atoms with Crippen LogP contribution in [0.15, 0.2) is 52.5 Å². The van der Waals surface area contributed by atoms with E-state index in [1.807, 2.05) is 25.1 Å². The number of hydrogen-bond donors (Lipinski definition) is 0. The number of fused-ring (bicyclic) bond motifs is 1. The molecule has 0 saturated carbocycles. The fourth-order valence-electron chi connectivity index (χ4n) is 2.81. The van der Waals surface area contributed by atoms with E-state index in [1.165, 1.54) is 22.9 Å². The molecule has 1 aromatic carbocycles. The molecule has 27 heavy (non-hydrogen) atoms. The Kier molecular flexibility index (Phi) is 4.49. The Labute approximate surface area is 160 Å². The van der Waals surface area contributed by atoms with Crippen molar-refractivity contribution < 1.29 is 0 Å². The van der Waals surface area contributed by atoms with E-state index in [4.69, 9.17) is 0 Å². The van der Waals surface area contributed by atoms with Gasteiger partial charge in [-0.1, -0.05) is 23.9 Å². The standard InChI is InChI=1S/C19H18N6OS/c1-12-6-7-16(9-14(12)3)25-19(21-22-23-25)27-11-15-10-17(26)24-8-4-5-13(2)18(24)20-15/h4-10H,11H2,1-3H3. The number of benzene rings is 1. The summed E-state index contributed by atoms with van der Waals surface area (Å²) in [5, 5.41) is 12.7. The van der Waals surface area contributed by atoms with Crippen molar-refractivity contribution in [1.82, 2.24) is 29.6 Å². The summed E-state index contributed by atoms with van der Waals surface area (Å²) in [5.41, 5.74) is 5.56. The van der Waals surface area contributed by atoms with Crippen LogP contribution >= 0.6 is 11.8 Å². The van der Waals surface area contributed by atoms with Gasteiger partial charge < -0.3 is 0 Å². The molecule has 0 aliphatic heterocycles. The average molecular weight is 378 g/mol. The first-order valence-corrected chi connectivity index (χ1v) is 9.48. The van der Waals surface area contributed by atoms with Crippen LogP contribution in [0.2, 0.25) is 0 Å². The van der Waals surface area contributed by atoms with E-state index in [-0.39, 0.29) is 5.56 Å². The minimum absolute atomic E-state index is 0.0898. The number of hydrogen-bond acceptors (Lipinski definition) is 6. The molecule has 3 aromatic heterocycles.